The van der Waals surface area contributed by atoms with Crippen molar-refractivity contribution in [2.75, 3.05) is 31.5 Å². The smallest absolute Gasteiger partial charge is 0.241 e. The standard InChI is InChI=1S/C21H25ClFN3O/c1-15-6-7-19(23)13-20(15)24-21(27)16(2)26-10-8-25(9-11-26)14-17-4-3-5-18(22)12-17/h3-7,12-13,16H,8-11,14H2,1-2H3,(H,24,27). The number of nitrogens with one attached hydrogen (secondary N) is 1. The highest BCUT2D eigenvalue weighted by molar-refractivity contribution is 6.30. The molecule has 0 saturated carbocycles. The van der Waals surface area contributed by atoms with E-state index in [1.165, 1.54) is 17.7 Å². The molecule has 1 aliphatic rings. The Morgan fingerprint density at radius 2 is 1.93 bits per heavy atom. The zero-order valence-electron chi connectivity index (χ0n) is 15.7. The fourth-order valence-corrected chi connectivity index (χ4v) is 3.55. The molecule has 0 aromatic heterocycles. The number of amides is 1. The molecule has 0 bridgehead atoms. The normalized spacial score (nSPS) is 16.9. The number of carbonyl (C=O) groups excluding carboxylic acids is 1. The summed E-state index contributed by atoms with van der Waals surface area (Å²) < 4.78 is 13.4. The van der Waals surface area contributed by atoms with E-state index in [0.717, 1.165) is 43.3 Å². The molecule has 1 fully saturated rings. The Morgan fingerprint density at radius 3 is 2.63 bits per heavy atom. The maximum atomic E-state index is 13.4. The molecule has 2 aromatic rings. The topological polar surface area (TPSA) is 35.6 Å². The number of halogens is 2. The Hall–Kier alpha value is -1.95. The number of aryl methyl sites for hydroxylation is 1. The molecule has 1 aliphatic heterocycles. The molecule has 1 heterocycles. The Kier molecular flexibility index (Phi) is 6.47. The van der Waals surface area contributed by atoms with Crippen molar-refractivity contribution < 1.29 is 9.18 Å². The summed E-state index contributed by atoms with van der Waals surface area (Å²) in [5, 5.41) is 3.61. The first-order valence-corrected chi connectivity index (χ1v) is 9.58. The van der Waals surface area contributed by atoms with Gasteiger partial charge in [-0.25, -0.2) is 4.39 Å². The average molecular weight is 390 g/mol. The van der Waals surface area contributed by atoms with Crippen LogP contribution in [0, 0.1) is 12.7 Å². The number of hydrogen-bond acceptors (Lipinski definition) is 3. The molecule has 0 spiro atoms. The molecule has 4 nitrogen and oxygen atoms in total. The first-order valence-electron chi connectivity index (χ1n) is 9.20. The minimum absolute atomic E-state index is 0.105. The Morgan fingerprint density at radius 1 is 1.19 bits per heavy atom. The predicted octanol–water partition coefficient (Wildman–Crippen LogP) is 3.93. The second-order valence-electron chi connectivity index (χ2n) is 7.07. The van der Waals surface area contributed by atoms with Crippen LogP contribution in [0.3, 0.4) is 0 Å². The molecule has 27 heavy (non-hydrogen) atoms. The summed E-state index contributed by atoms with van der Waals surface area (Å²) >= 11 is 6.05. The van der Waals surface area contributed by atoms with Gasteiger partial charge in [-0.1, -0.05) is 29.8 Å². The zero-order valence-corrected chi connectivity index (χ0v) is 16.5. The third kappa shape index (κ3) is 5.28. The zero-order chi connectivity index (χ0) is 19.4. The average Bonchev–Trinajstić information content (AvgIpc) is 2.65. The van der Waals surface area contributed by atoms with Gasteiger partial charge in [-0.3, -0.25) is 14.6 Å². The van der Waals surface area contributed by atoms with Crippen molar-refractivity contribution in [1.82, 2.24) is 9.80 Å². The fourth-order valence-electron chi connectivity index (χ4n) is 3.33. The van der Waals surface area contributed by atoms with Gasteiger partial charge in [0.2, 0.25) is 5.91 Å². The molecule has 0 aliphatic carbocycles. The van der Waals surface area contributed by atoms with Crippen molar-refractivity contribution in [3.05, 3.63) is 64.4 Å². The molecule has 1 atom stereocenters. The summed E-state index contributed by atoms with van der Waals surface area (Å²) in [5.74, 6) is -0.454. The summed E-state index contributed by atoms with van der Waals surface area (Å²) in [5.41, 5.74) is 2.58. The van der Waals surface area contributed by atoms with Crippen LogP contribution < -0.4 is 5.32 Å². The number of piperazine rings is 1. The second kappa shape index (κ2) is 8.83. The van der Waals surface area contributed by atoms with E-state index in [0.29, 0.717) is 5.69 Å². The molecule has 1 N–H and O–H groups in total. The third-order valence-corrected chi connectivity index (χ3v) is 5.32. The number of benzene rings is 2. The van der Waals surface area contributed by atoms with Crippen LogP contribution in [0.15, 0.2) is 42.5 Å². The second-order valence-corrected chi connectivity index (χ2v) is 7.50. The lowest BCUT2D eigenvalue weighted by molar-refractivity contribution is -0.121. The monoisotopic (exact) mass is 389 g/mol. The maximum Gasteiger partial charge on any atom is 0.241 e. The van der Waals surface area contributed by atoms with Crippen LogP contribution in [0.1, 0.15) is 18.1 Å². The summed E-state index contributed by atoms with van der Waals surface area (Å²) in [6.45, 7) is 8.03. The van der Waals surface area contributed by atoms with Gasteiger partial charge in [0, 0.05) is 43.4 Å². The van der Waals surface area contributed by atoms with E-state index < -0.39 is 0 Å². The molecule has 1 unspecified atom stereocenters. The maximum absolute atomic E-state index is 13.4. The Balaban J connectivity index is 1.52. The number of carbonyl (C=O) groups is 1. The van der Waals surface area contributed by atoms with Crippen molar-refractivity contribution in [3.8, 4) is 0 Å². The lowest BCUT2D eigenvalue weighted by Crippen LogP contribution is -2.52. The first-order chi connectivity index (χ1) is 12.9. The van der Waals surface area contributed by atoms with Crippen molar-refractivity contribution >= 4 is 23.2 Å². The Labute approximate surface area is 164 Å². The van der Waals surface area contributed by atoms with Crippen LogP contribution in [0.4, 0.5) is 10.1 Å². The largest absolute Gasteiger partial charge is 0.324 e. The van der Waals surface area contributed by atoms with Crippen molar-refractivity contribution in [2.24, 2.45) is 0 Å². The van der Waals surface area contributed by atoms with Gasteiger partial charge < -0.3 is 5.32 Å². The highest BCUT2D eigenvalue weighted by Gasteiger charge is 2.26. The molecule has 2 aromatic carbocycles. The van der Waals surface area contributed by atoms with Crippen LogP contribution in [-0.2, 0) is 11.3 Å². The minimum Gasteiger partial charge on any atom is -0.324 e. The van der Waals surface area contributed by atoms with Crippen molar-refractivity contribution in [1.29, 1.82) is 0 Å². The van der Waals surface area contributed by atoms with Gasteiger partial charge in [0.05, 0.1) is 6.04 Å². The van der Waals surface area contributed by atoms with Gasteiger partial charge in [-0.15, -0.1) is 0 Å². The van der Waals surface area contributed by atoms with E-state index in [-0.39, 0.29) is 17.8 Å². The number of rotatable bonds is 5. The van der Waals surface area contributed by atoms with Crippen LogP contribution in [0.5, 0.6) is 0 Å². The van der Waals surface area contributed by atoms with E-state index in [4.69, 9.17) is 11.6 Å². The summed E-state index contributed by atoms with van der Waals surface area (Å²) in [4.78, 5) is 17.1. The Bertz CT molecular complexity index is 806. The van der Waals surface area contributed by atoms with Crippen molar-refractivity contribution in [2.45, 2.75) is 26.4 Å². The van der Waals surface area contributed by atoms with Gasteiger partial charge >= 0.3 is 0 Å². The van der Waals surface area contributed by atoms with Crippen LogP contribution in [0.2, 0.25) is 5.02 Å². The van der Waals surface area contributed by atoms with Gasteiger partial charge in [0.25, 0.3) is 0 Å². The van der Waals surface area contributed by atoms with Gasteiger partial charge in [0.1, 0.15) is 5.82 Å². The predicted molar refractivity (Wildman–Crippen MR) is 108 cm³/mol. The van der Waals surface area contributed by atoms with Gasteiger partial charge in [-0.2, -0.15) is 0 Å². The summed E-state index contributed by atoms with van der Waals surface area (Å²) in [6, 6.07) is 12.1. The molecule has 1 saturated heterocycles. The first kappa shape index (κ1) is 19.8. The van der Waals surface area contributed by atoms with Crippen LogP contribution >= 0.6 is 11.6 Å². The van der Waals surface area contributed by atoms with E-state index in [1.807, 2.05) is 32.0 Å². The van der Waals surface area contributed by atoms with Gasteiger partial charge in [-0.05, 0) is 49.2 Å². The SMILES string of the molecule is Cc1ccc(F)cc1NC(=O)C(C)N1CCN(Cc2cccc(Cl)c2)CC1. The van der Waals surface area contributed by atoms with Crippen molar-refractivity contribution in [3.63, 3.8) is 0 Å². The number of hydrogen-bond donors (Lipinski definition) is 1. The van der Waals surface area contributed by atoms with E-state index >= 15 is 0 Å². The molecular weight excluding hydrogens is 365 g/mol. The fraction of sp³-hybridized carbons (Fsp3) is 0.381. The van der Waals surface area contributed by atoms with E-state index in [9.17, 15) is 9.18 Å². The number of anilines is 1. The number of nitrogens with zero attached hydrogens (tertiary/aromatic N) is 2. The molecule has 144 valence electrons. The summed E-state index contributed by atoms with van der Waals surface area (Å²) in [6.07, 6.45) is 0. The lowest BCUT2D eigenvalue weighted by Gasteiger charge is -2.37. The van der Waals surface area contributed by atoms with Gasteiger partial charge in [0.15, 0.2) is 0 Å². The quantitative estimate of drug-likeness (QED) is 0.841. The van der Waals surface area contributed by atoms with Crippen LogP contribution in [0.25, 0.3) is 0 Å². The molecule has 6 heteroatoms. The van der Waals surface area contributed by atoms with Crippen LogP contribution in [-0.4, -0.2) is 47.9 Å². The molecule has 0 radical (unpaired) electrons. The minimum atomic E-state index is -0.349. The van der Waals surface area contributed by atoms with E-state index in [1.54, 1.807) is 6.07 Å². The highest BCUT2D eigenvalue weighted by Crippen LogP contribution is 2.18. The third-order valence-electron chi connectivity index (χ3n) is 5.09. The lowest BCUT2D eigenvalue weighted by atomic mass is 10.1. The summed E-state index contributed by atoms with van der Waals surface area (Å²) in [7, 11) is 0. The highest BCUT2D eigenvalue weighted by atomic mass is 35.5. The molecule has 1 amide bonds. The molecular formula is C21H25ClFN3O. The molecule has 3 rings (SSSR count). The van der Waals surface area contributed by atoms with E-state index in [2.05, 4.69) is 21.2 Å².